The number of ketones is 1. The normalized spacial score (nSPS) is 12.3. The number of benzene rings is 2. The summed E-state index contributed by atoms with van der Waals surface area (Å²) in [6.07, 6.45) is 1.69. The van der Waals surface area contributed by atoms with Crippen LogP contribution < -0.4 is 10.0 Å². The first-order valence-electron chi connectivity index (χ1n) is 10.8. The quantitative estimate of drug-likeness (QED) is 0.383. The molecule has 0 aliphatic carbocycles. The van der Waals surface area contributed by atoms with Crippen LogP contribution in [0.15, 0.2) is 54.6 Å². The highest BCUT2D eigenvalue weighted by molar-refractivity contribution is 7.92. The van der Waals surface area contributed by atoms with E-state index >= 15 is 0 Å². The minimum Gasteiger partial charge on any atom is -0.366 e. The maximum Gasteiger partial charge on any atom is 0.229 e. The van der Waals surface area contributed by atoms with Gasteiger partial charge in [-0.05, 0) is 60.4 Å². The van der Waals surface area contributed by atoms with Gasteiger partial charge in [0.1, 0.15) is 17.4 Å². The number of anilines is 2. The minimum absolute atomic E-state index is 0.0487. The predicted molar refractivity (Wildman–Crippen MR) is 134 cm³/mol. The summed E-state index contributed by atoms with van der Waals surface area (Å²) in [5, 5.41) is 4.01. The standard InChI is InChI=1S/C25H27ClFN3O3S/c1-16-4-7-19(25(29-16)28-15-18-5-10-21(26)11-6-18)9-13-24(31)17(2)20-8-12-23(22(27)14-20)30-34(3,32)33/h4-8,10-12,14,17,30H,9,13,15H2,1-3H3,(H,28,29). The van der Waals surface area contributed by atoms with Crippen LogP contribution in [-0.4, -0.2) is 25.4 Å². The second-order valence-electron chi connectivity index (χ2n) is 8.24. The van der Waals surface area contributed by atoms with Crippen LogP contribution in [0.3, 0.4) is 0 Å². The van der Waals surface area contributed by atoms with Crippen LogP contribution >= 0.6 is 11.6 Å². The van der Waals surface area contributed by atoms with Crippen molar-refractivity contribution in [2.24, 2.45) is 0 Å². The van der Waals surface area contributed by atoms with E-state index in [1.165, 1.54) is 12.1 Å². The van der Waals surface area contributed by atoms with E-state index in [4.69, 9.17) is 11.6 Å². The molecule has 1 heterocycles. The van der Waals surface area contributed by atoms with Gasteiger partial charge in [-0.1, -0.05) is 42.8 Å². The topological polar surface area (TPSA) is 88.2 Å². The lowest BCUT2D eigenvalue weighted by molar-refractivity contribution is -0.120. The summed E-state index contributed by atoms with van der Waals surface area (Å²) < 4.78 is 39.1. The number of nitrogens with one attached hydrogen (secondary N) is 2. The van der Waals surface area contributed by atoms with Gasteiger partial charge >= 0.3 is 0 Å². The smallest absolute Gasteiger partial charge is 0.229 e. The average molecular weight is 504 g/mol. The fourth-order valence-corrected chi connectivity index (χ4v) is 4.16. The van der Waals surface area contributed by atoms with E-state index in [9.17, 15) is 17.6 Å². The molecule has 6 nitrogen and oxygen atoms in total. The van der Waals surface area contributed by atoms with E-state index in [1.807, 2.05) is 43.3 Å². The number of aromatic nitrogens is 1. The monoisotopic (exact) mass is 503 g/mol. The van der Waals surface area contributed by atoms with Crippen molar-refractivity contribution in [2.45, 2.75) is 39.2 Å². The number of nitrogens with zero attached hydrogens (tertiary/aromatic N) is 1. The van der Waals surface area contributed by atoms with E-state index in [-0.39, 0.29) is 17.9 Å². The number of aryl methyl sites for hydroxylation is 2. The molecule has 0 saturated heterocycles. The summed E-state index contributed by atoms with van der Waals surface area (Å²) in [4.78, 5) is 17.4. The zero-order chi connectivity index (χ0) is 24.9. The molecule has 0 saturated carbocycles. The van der Waals surface area contributed by atoms with Crippen LogP contribution in [-0.2, 0) is 27.8 Å². The van der Waals surface area contributed by atoms with Crippen molar-refractivity contribution in [3.8, 4) is 0 Å². The van der Waals surface area contributed by atoms with E-state index in [2.05, 4.69) is 15.0 Å². The van der Waals surface area contributed by atoms with Crippen molar-refractivity contribution in [3.05, 3.63) is 87.8 Å². The highest BCUT2D eigenvalue weighted by atomic mass is 35.5. The fourth-order valence-electron chi connectivity index (χ4n) is 3.47. The summed E-state index contributed by atoms with van der Waals surface area (Å²) in [5.41, 5.74) is 3.18. The Kier molecular flexibility index (Phi) is 8.28. The van der Waals surface area contributed by atoms with Crippen LogP contribution in [0.5, 0.6) is 0 Å². The Bertz CT molecular complexity index is 1280. The maximum atomic E-state index is 14.3. The predicted octanol–water partition coefficient (Wildman–Crippen LogP) is 5.47. The minimum atomic E-state index is -3.59. The molecule has 1 atom stereocenters. The lowest BCUT2D eigenvalue weighted by Gasteiger charge is -2.15. The Morgan fingerprint density at radius 2 is 1.82 bits per heavy atom. The first kappa shape index (κ1) is 25.6. The first-order valence-corrected chi connectivity index (χ1v) is 13.0. The van der Waals surface area contributed by atoms with E-state index in [0.717, 1.165) is 28.9 Å². The fraction of sp³-hybridized carbons (Fsp3) is 0.280. The van der Waals surface area contributed by atoms with Crippen LogP contribution in [0, 0.1) is 12.7 Å². The zero-order valence-corrected chi connectivity index (χ0v) is 20.8. The number of hydrogen-bond donors (Lipinski definition) is 2. The molecule has 1 aromatic heterocycles. The number of sulfonamides is 1. The Balaban J connectivity index is 1.66. The molecule has 0 aliphatic rings. The van der Waals surface area contributed by atoms with Gasteiger partial charge in [0.05, 0.1) is 11.9 Å². The van der Waals surface area contributed by atoms with Crippen LogP contribution in [0.2, 0.25) is 5.02 Å². The van der Waals surface area contributed by atoms with Gasteiger partial charge < -0.3 is 5.32 Å². The molecule has 34 heavy (non-hydrogen) atoms. The summed E-state index contributed by atoms with van der Waals surface area (Å²) in [5.74, 6) is -0.588. The molecule has 2 N–H and O–H groups in total. The lowest BCUT2D eigenvalue weighted by Crippen LogP contribution is -2.13. The molecule has 3 rings (SSSR count). The van der Waals surface area contributed by atoms with Gasteiger partial charge in [-0.2, -0.15) is 0 Å². The number of rotatable bonds is 10. The van der Waals surface area contributed by atoms with Gasteiger partial charge in [0.2, 0.25) is 10.0 Å². The highest BCUT2D eigenvalue weighted by Crippen LogP contribution is 2.25. The summed E-state index contributed by atoms with van der Waals surface area (Å²) in [6, 6.07) is 15.5. The Morgan fingerprint density at radius 3 is 2.47 bits per heavy atom. The zero-order valence-electron chi connectivity index (χ0n) is 19.2. The molecule has 0 fully saturated rings. The third-order valence-electron chi connectivity index (χ3n) is 5.40. The van der Waals surface area contributed by atoms with Crippen LogP contribution in [0.4, 0.5) is 15.9 Å². The summed E-state index contributed by atoms with van der Waals surface area (Å²) >= 11 is 5.94. The van der Waals surface area contributed by atoms with Gasteiger partial charge in [-0.25, -0.2) is 17.8 Å². The third kappa shape index (κ3) is 7.27. The van der Waals surface area contributed by atoms with Gasteiger partial charge in [0, 0.05) is 29.6 Å². The number of Topliss-reactive ketones (excluding diaryl/α,β-unsaturated/α-hetero) is 1. The Hall–Kier alpha value is -2.97. The molecule has 0 bridgehead atoms. The van der Waals surface area contributed by atoms with Crippen molar-refractivity contribution in [2.75, 3.05) is 16.3 Å². The molecular formula is C25H27ClFN3O3S. The number of hydrogen-bond acceptors (Lipinski definition) is 5. The molecule has 0 amide bonds. The number of carbonyl (C=O) groups excluding carboxylic acids is 1. The van der Waals surface area contributed by atoms with E-state index in [1.54, 1.807) is 13.0 Å². The molecule has 0 aliphatic heterocycles. The second kappa shape index (κ2) is 11.0. The van der Waals surface area contributed by atoms with Gasteiger partial charge in [-0.15, -0.1) is 0 Å². The van der Waals surface area contributed by atoms with Crippen molar-refractivity contribution in [1.82, 2.24) is 4.98 Å². The molecule has 9 heteroatoms. The second-order valence-corrected chi connectivity index (χ2v) is 10.4. The Labute approximate surface area is 204 Å². The first-order chi connectivity index (χ1) is 16.0. The number of halogens is 2. The number of carbonyl (C=O) groups is 1. The van der Waals surface area contributed by atoms with Crippen LogP contribution in [0.25, 0.3) is 0 Å². The third-order valence-corrected chi connectivity index (χ3v) is 6.25. The molecule has 180 valence electrons. The van der Waals surface area contributed by atoms with Crippen molar-refractivity contribution in [1.29, 1.82) is 0 Å². The average Bonchev–Trinajstić information content (AvgIpc) is 2.78. The summed E-state index contributed by atoms with van der Waals surface area (Å²) in [6.45, 7) is 4.19. The van der Waals surface area contributed by atoms with Gasteiger partial charge in [-0.3, -0.25) is 9.52 Å². The number of pyridine rings is 1. The van der Waals surface area contributed by atoms with Crippen LogP contribution in [0.1, 0.15) is 41.6 Å². The van der Waals surface area contributed by atoms with Gasteiger partial charge in [0.25, 0.3) is 0 Å². The van der Waals surface area contributed by atoms with E-state index < -0.39 is 21.8 Å². The molecular weight excluding hydrogens is 477 g/mol. The molecule has 0 spiro atoms. The largest absolute Gasteiger partial charge is 0.366 e. The maximum absolute atomic E-state index is 14.3. The van der Waals surface area contributed by atoms with Crippen molar-refractivity contribution < 1.29 is 17.6 Å². The van der Waals surface area contributed by atoms with Gasteiger partial charge in [0.15, 0.2) is 0 Å². The molecule has 3 aromatic rings. The van der Waals surface area contributed by atoms with E-state index in [0.29, 0.717) is 23.6 Å². The molecule has 1 unspecified atom stereocenters. The molecule has 0 radical (unpaired) electrons. The lowest BCUT2D eigenvalue weighted by atomic mass is 9.92. The highest BCUT2D eigenvalue weighted by Gasteiger charge is 2.18. The SMILES string of the molecule is Cc1ccc(CCC(=O)C(C)c2ccc(NS(C)(=O)=O)c(F)c2)c(NCc2ccc(Cl)cc2)n1. The van der Waals surface area contributed by atoms with Crippen molar-refractivity contribution in [3.63, 3.8) is 0 Å². The Morgan fingerprint density at radius 1 is 1.12 bits per heavy atom. The summed E-state index contributed by atoms with van der Waals surface area (Å²) in [7, 11) is -3.59. The van der Waals surface area contributed by atoms with Crippen molar-refractivity contribution >= 4 is 38.9 Å². The molecule has 2 aromatic carbocycles.